The second-order valence-electron chi connectivity index (χ2n) is 5.51. The van der Waals surface area contributed by atoms with E-state index in [4.69, 9.17) is 16.3 Å². The van der Waals surface area contributed by atoms with Crippen molar-refractivity contribution in [2.45, 2.75) is 13.1 Å². The molecule has 0 aliphatic carbocycles. The molecule has 10 heteroatoms. The Kier molecular flexibility index (Phi) is 7.11. The number of nitrogens with zero attached hydrogens (tertiary/aromatic N) is 1. The lowest BCUT2D eigenvalue weighted by Crippen LogP contribution is -2.26. The maximum atomic E-state index is 12.7. The summed E-state index contributed by atoms with van der Waals surface area (Å²) >= 11 is 5.89. The molecule has 0 saturated heterocycles. The Labute approximate surface area is 164 Å². The van der Waals surface area contributed by atoms with Gasteiger partial charge in [0.1, 0.15) is 0 Å². The minimum Gasteiger partial charge on any atom is -0.503 e. The van der Waals surface area contributed by atoms with Crippen molar-refractivity contribution in [2.75, 3.05) is 18.5 Å². The van der Waals surface area contributed by atoms with Crippen LogP contribution in [0.5, 0.6) is 11.5 Å². The van der Waals surface area contributed by atoms with Gasteiger partial charge in [-0.2, -0.15) is 18.3 Å². The Balaban J connectivity index is 1.92. The molecule has 28 heavy (non-hydrogen) atoms. The molecule has 0 aromatic heterocycles. The molecule has 0 fully saturated rings. The topological polar surface area (TPSA) is 83.0 Å². The number of ether oxygens (including phenoxy) is 1. The van der Waals surface area contributed by atoms with E-state index in [1.807, 2.05) is 0 Å². The number of phenolic OH excluding ortho intramolecular Hbond substituents is 1. The fraction of sp³-hybridized carbons (Fsp3) is 0.222. The molecule has 0 aliphatic heterocycles. The first-order valence-electron chi connectivity index (χ1n) is 8.09. The van der Waals surface area contributed by atoms with Gasteiger partial charge in [0.05, 0.1) is 30.0 Å². The highest BCUT2D eigenvalue weighted by Crippen LogP contribution is 2.34. The lowest BCUT2D eigenvalue weighted by Gasteiger charge is -2.10. The van der Waals surface area contributed by atoms with Crippen LogP contribution in [-0.4, -0.2) is 30.4 Å². The van der Waals surface area contributed by atoms with E-state index in [-0.39, 0.29) is 28.8 Å². The van der Waals surface area contributed by atoms with Crippen LogP contribution < -0.4 is 15.5 Å². The van der Waals surface area contributed by atoms with Crippen LogP contribution in [0.1, 0.15) is 18.1 Å². The molecule has 0 saturated carbocycles. The van der Waals surface area contributed by atoms with Crippen LogP contribution in [0.3, 0.4) is 0 Å². The number of hydrogen-bond donors (Lipinski definition) is 3. The molecular formula is C18H17ClF3N3O3. The van der Waals surface area contributed by atoms with Crippen LogP contribution >= 0.6 is 11.6 Å². The minimum absolute atomic E-state index is 0.0601. The number of benzene rings is 2. The lowest BCUT2D eigenvalue weighted by atomic mass is 10.2. The molecule has 0 atom stereocenters. The highest BCUT2D eigenvalue weighted by atomic mass is 35.5. The first-order valence-corrected chi connectivity index (χ1v) is 8.47. The number of alkyl halides is 3. The van der Waals surface area contributed by atoms with E-state index in [0.717, 1.165) is 12.1 Å². The predicted molar refractivity (Wildman–Crippen MR) is 100.0 cm³/mol. The van der Waals surface area contributed by atoms with Crippen LogP contribution in [0.4, 0.5) is 18.9 Å². The molecule has 3 N–H and O–H groups in total. The number of phenols is 1. The van der Waals surface area contributed by atoms with Crippen LogP contribution in [0.25, 0.3) is 0 Å². The zero-order chi connectivity index (χ0) is 20.7. The average molecular weight is 416 g/mol. The fourth-order valence-electron chi connectivity index (χ4n) is 2.14. The van der Waals surface area contributed by atoms with Crippen molar-refractivity contribution in [3.8, 4) is 11.5 Å². The van der Waals surface area contributed by atoms with Crippen molar-refractivity contribution in [2.24, 2.45) is 5.10 Å². The van der Waals surface area contributed by atoms with Crippen LogP contribution in [0.15, 0.2) is 41.5 Å². The summed E-state index contributed by atoms with van der Waals surface area (Å²) in [5.41, 5.74) is 2.04. The summed E-state index contributed by atoms with van der Waals surface area (Å²) < 4.78 is 43.2. The maximum absolute atomic E-state index is 12.7. The third kappa shape index (κ3) is 6.05. The van der Waals surface area contributed by atoms with E-state index in [9.17, 15) is 23.1 Å². The summed E-state index contributed by atoms with van der Waals surface area (Å²) in [5, 5.41) is 16.2. The van der Waals surface area contributed by atoms with Crippen molar-refractivity contribution in [1.29, 1.82) is 0 Å². The van der Waals surface area contributed by atoms with Gasteiger partial charge in [0.2, 0.25) is 0 Å². The second-order valence-corrected chi connectivity index (χ2v) is 5.91. The van der Waals surface area contributed by atoms with Crippen molar-refractivity contribution >= 4 is 29.4 Å². The van der Waals surface area contributed by atoms with Gasteiger partial charge in [-0.3, -0.25) is 4.79 Å². The van der Waals surface area contributed by atoms with E-state index in [1.165, 1.54) is 30.5 Å². The third-order valence-electron chi connectivity index (χ3n) is 3.40. The highest BCUT2D eigenvalue weighted by molar-refractivity contribution is 6.32. The second kappa shape index (κ2) is 9.32. The summed E-state index contributed by atoms with van der Waals surface area (Å²) in [7, 11) is 0. The molecule has 150 valence electrons. The fourth-order valence-corrected chi connectivity index (χ4v) is 2.36. The molecular weight excluding hydrogens is 399 g/mol. The number of rotatable bonds is 7. The normalized spacial score (nSPS) is 11.5. The lowest BCUT2D eigenvalue weighted by molar-refractivity contribution is -0.137. The Morgan fingerprint density at radius 1 is 1.32 bits per heavy atom. The number of halogens is 4. The standard InChI is InChI=1S/C18H17ClF3N3O3/c1-2-28-15-7-11(6-14(19)17(15)27)9-24-25-16(26)10-23-13-5-3-4-12(8-13)18(20,21)22/h3-9,23,27H,2,10H2,1H3,(H,25,26)/b24-9-. The van der Waals surface area contributed by atoms with Gasteiger partial charge >= 0.3 is 6.18 Å². The third-order valence-corrected chi connectivity index (χ3v) is 3.68. The van der Waals surface area contributed by atoms with Gasteiger partial charge < -0.3 is 15.2 Å². The summed E-state index contributed by atoms with van der Waals surface area (Å²) in [6.07, 6.45) is -3.17. The van der Waals surface area contributed by atoms with E-state index in [1.54, 1.807) is 6.92 Å². The van der Waals surface area contributed by atoms with Gasteiger partial charge in [-0.1, -0.05) is 17.7 Å². The van der Waals surface area contributed by atoms with E-state index in [2.05, 4.69) is 15.8 Å². The molecule has 6 nitrogen and oxygen atoms in total. The number of hydrazone groups is 1. The molecule has 0 aliphatic rings. The number of carbonyl (C=O) groups is 1. The van der Waals surface area contributed by atoms with E-state index in [0.29, 0.717) is 12.2 Å². The molecule has 2 rings (SSSR count). The molecule has 2 aromatic rings. The number of anilines is 1. The quantitative estimate of drug-likeness (QED) is 0.471. The first-order chi connectivity index (χ1) is 13.2. The van der Waals surface area contributed by atoms with Gasteiger partial charge in [-0.05, 0) is 42.8 Å². The number of nitrogens with one attached hydrogen (secondary N) is 2. The molecule has 2 aromatic carbocycles. The number of aromatic hydroxyl groups is 1. The monoisotopic (exact) mass is 415 g/mol. The number of hydrogen-bond acceptors (Lipinski definition) is 5. The first kappa shape index (κ1) is 21.4. The number of carbonyl (C=O) groups excluding carboxylic acids is 1. The molecule has 0 unspecified atom stereocenters. The van der Waals surface area contributed by atoms with Crippen molar-refractivity contribution in [3.05, 3.63) is 52.5 Å². The zero-order valence-corrected chi connectivity index (χ0v) is 15.4. The molecule has 1 amide bonds. The minimum atomic E-state index is -4.46. The van der Waals surface area contributed by atoms with Gasteiger partial charge in [0.15, 0.2) is 11.5 Å². The van der Waals surface area contributed by atoms with Gasteiger partial charge in [0.25, 0.3) is 5.91 Å². The van der Waals surface area contributed by atoms with Crippen molar-refractivity contribution in [1.82, 2.24) is 5.43 Å². The Morgan fingerprint density at radius 2 is 2.07 bits per heavy atom. The molecule has 0 heterocycles. The van der Waals surface area contributed by atoms with Gasteiger partial charge in [-0.25, -0.2) is 5.43 Å². The van der Waals surface area contributed by atoms with Crippen molar-refractivity contribution in [3.63, 3.8) is 0 Å². The van der Waals surface area contributed by atoms with E-state index < -0.39 is 17.6 Å². The van der Waals surface area contributed by atoms with Crippen LogP contribution in [0, 0.1) is 0 Å². The Morgan fingerprint density at radius 3 is 2.75 bits per heavy atom. The average Bonchev–Trinajstić information content (AvgIpc) is 2.64. The predicted octanol–water partition coefficient (Wildman–Crippen LogP) is 4.03. The SMILES string of the molecule is CCOc1cc(/C=N\NC(=O)CNc2cccc(C(F)(F)F)c2)cc(Cl)c1O. The molecule has 0 bridgehead atoms. The molecule has 0 radical (unpaired) electrons. The van der Waals surface area contributed by atoms with Gasteiger partial charge in [0, 0.05) is 5.69 Å². The summed E-state index contributed by atoms with van der Waals surface area (Å²) in [5.74, 6) is -0.590. The molecule has 0 spiro atoms. The highest BCUT2D eigenvalue weighted by Gasteiger charge is 2.30. The largest absolute Gasteiger partial charge is 0.503 e. The van der Waals surface area contributed by atoms with E-state index >= 15 is 0 Å². The van der Waals surface area contributed by atoms with Gasteiger partial charge in [-0.15, -0.1) is 0 Å². The summed E-state index contributed by atoms with van der Waals surface area (Å²) in [4.78, 5) is 11.8. The van der Waals surface area contributed by atoms with Crippen LogP contribution in [0.2, 0.25) is 5.02 Å². The summed E-state index contributed by atoms with van der Waals surface area (Å²) in [6.45, 7) is 1.79. The Hall–Kier alpha value is -2.94. The zero-order valence-electron chi connectivity index (χ0n) is 14.7. The smallest absolute Gasteiger partial charge is 0.416 e. The number of amides is 1. The maximum Gasteiger partial charge on any atom is 0.416 e. The summed E-state index contributed by atoms with van der Waals surface area (Å²) in [6, 6.07) is 7.42. The Bertz CT molecular complexity index is 873. The van der Waals surface area contributed by atoms with Crippen LogP contribution in [-0.2, 0) is 11.0 Å². The van der Waals surface area contributed by atoms with Crippen molar-refractivity contribution < 1.29 is 27.8 Å².